The lowest BCUT2D eigenvalue weighted by Crippen LogP contribution is -2.24. The molecule has 2 aromatic heterocycles. The van der Waals surface area contributed by atoms with Crippen LogP contribution in [0.1, 0.15) is 19.4 Å². The monoisotopic (exact) mass is 302 g/mol. The lowest BCUT2D eigenvalue weighted by atomic mass is 10.2. The molecule has 0 amide bonds. The maximum Gasteiger partial charge on any atom is 0.261 e. The van der Waals surface area contributed by atoms with Crippen molar-refractivity contribution in [3.8, 4) is 0 Å². The summed E-state index contributed by atoms with van der Waals surface area (Å²) in [5.74, 6) is 0. The normalized spacial score (nSPS) is 12.7. The Kier molecular flexibility index (Phi) is 3.75. The molecule has 0 saturated heterocycles. The van der Waals surface area contributed by atoms with Gasteiger partial charge in [0.2, 0.25) is 0 Å². The second-order valence-electron chi connectivity index (χ2n) is 5.03. The first-order valence-electron chi connectivity index (χ1n) is 6.79. The fraction of sp³-hybridized carbons (Fsp3) is 0.267. The van der Waals surface area contributed by atoms with Gasteiger partial charge in [-0.25, -0.2) is 4.98 Å². The van der Waals surface area contributed by atoms with Gasteiger partial charge in [-0.1, -0.05) is 11.6 Å². The molecule has 1 atom stereocenters. The van der Waals surface area contributed by atoms with Gasteiger partial charge >= 0.3 is 0 Å². The summed E-state index contributed by atoms with van der Waals surface area (Å²) in [5.41, 5.74) is 0.607. The van der Waals surface area contributed by atoms with Crippen molar-refractivity contribution in [3.05, 3.63) is 58.4 Å². The summed E-state index contributed by atoms with van der Waals surface area (Å²) < 4.78 is 3.51. The zero-order valence-corrected chi connectivity index (χ0v) is 12.4. The van der Waals surface area contributed by atoms with Crippen LogP contribution in [0.5, 0.6) is 0 Å². The number of aromatic nitrogens is 4. The molecule has 5 nitrogen and oxygen atoms in total. The molecular weight excluding hydrogens is 288 g/mol. The predicted octanol–water partition coefficient (Wildman–Crippen LogP) is 2.90. The molecule has 21 heavy (non-hydrogen) atoms. The highest BCUT2D eigenvalue weighted by Gasteiger charge is 2.10. The zero-order valence-electron chi connectivity index (χ0n) is 11.6. The molecule has 1 aromatic carbocycles. The molecule has 108 valence electrons. The Labute approximate surface area is 126 Å². The molecule has 0 N–H and O–H groups in total. The molecule has 0 spiro atoms. The second kappa shape index (κ2) is 5.69. The van der Waals surface area contributed by atoms with Crippen LogP contribution in [0.3, 0.4) is 0 Å². The number of hydrogen-bond donors (Lipinski definition) is 0. The number of fused-ring (bicyclic) bond motifs is 1. The first-order chi connectivity index (χ1) is 10.1. The SMILES string of the molecule is C[C@@H](CCn1cccn1)n1cnc2ccc(Cl)cc2c1=O. The van der Waals surface area contributed by atoms with Gasteiger partial charge in [0.25, 0.3) is 5.56 Å². The predicted molar refractivity (Wildman–Crippen MR) is 82.6 cm³/mol. The molecule has 0 aliphatic heterocycles. The first-order valence-corrected chi connectivity index (χ1v) is 7.17. The highest BCUT2D eigenvalue weighted by atomic mass is 35.5. The van der Waals surface area contributed by atoms with Gasteiger partial charge < -0.3 is 0 Å². The topological polar surface area (TPSA) is 52.7 Å². The third kappa shape index (κ3) is 2.83. The minimum Gasteiger partial charge on any atom is -0.296 e. The highest BCUT2D eigenvalue weighted by molar-refractivity contribution is 6.31. The quantitative estimate of drug-likeness (QED) is 0.744. The lowest BCUT2D eigenvalue weighted by Gasteiger charge is -2.15. The van der Waals surface area contributed by atoms with Crippen LogP contribution in [0.15, 0.2) is 47.8 Å². The van der Waals surface area contributed by atoms with E-state index in [9.17, 15) is 4.79 Å². The van der Waals surface area contributed by atoms with Crippen LogP contribution in [-0.2, 0) is 6.54 Å². The Bertz CT molecular complexity index is 810. The lowest BCUT2D eigenvalue weighted by molar-refractivity contribution is 0.436. The Morgan fingerprint density at radius 1 is 1.38 bits per heavy atom. The van der Waals surface area contributed by atoms with E-state index >= 15 is 0 Å². The molecule has 6 heteroatoms. The summed E-state index contributed by atoms with van der Waals surface area (Å²) in [4.78, 5) is 16.9. The number of halogens is 1. The number of aryl methyl sites for hydroxylation is 1. The summed E-state index contributed by atoms with van der Waals surface area (Å²) in [7, 11) is 0. The van der Waals surface area contributed by atoms with E-state index in [1.165, 1.54) is 0 Å². The second-order valence-corrected chi connectivity index (χ2v) is 5.46. The Morgan fingerprint density at radius 2 is 2.24 bits per heavy atom. The van der Waals surface area contributed by atoms with Gasteiger partial charge in [-0.3, -0.25) is 14.0 Å². The van der Waals surface area contributed by atoms with Crippen LogP contribution in [0.4, 0.5) is 0 Å². The van der Waals surface area contributed by atoms with Crippen LogP contribution in [0.25, 0.3) is 10.9 Å². The third-order valence-electron chi connectivity index (χ3n) is 3.55. The summed E-state index contributed by atoms with van der Waals surface area (Å²) in [6.45, 7) is 2.76. The van der Waals surface area contributed by atoms with E-state index in [-0.39, 0.29) is 11.6 Å². The average Bonchev–Trinajstić information content (AvgIpc) is 2.99. The molecule has 0 bridgehead atoms. The molecule has 0 aliphatic rings. The van der Waals surface area contributed by atoms with Crippen LogP contribution < -0.4 is 5.56 Å². The summed E-state index contributed by atoms with van der Waals surface area (Å²) in [5, 5.41) is 5.26. The number of hydrogen-bond acceptors (Lipinski definition) is 3. The number of benzene rings is 1. The minimum absolute atomic E-state index is 0.0394. The molecule has 0 fully saturated rings. The van der Waals surface area contributed by atoms with Crippen molar-refractivity contribution in [2.45, 2.75) is 25.9 Å². The number of rotatable bonds is 4. The van der Waals surface area contributed by atoms with Crippen LogP contribution in [0.2, 0.25) is 5.02 Å². The van der Waals surface area contributed by atoms with E-state index in [0.29, 0.717) is 15.9 Å². The smallest absolute Gasteiger partial charge is 0.261 e. The van der Waals surface area contributed by atoms with Crippen molar-refractivity contribution in [2.75, 3.05) is 0 Å². The van der Waals surface area contributed by atoms with Gasteiger partial charge in [0.05, 0.1) is 17.2 Å². The zero-order chi connectivity index (χ0) is 14.8. The van der Waals surface area contributed by atoms with E-state index in [1.807, 2.05) is 23.9 Å². The van der Waals surface area contributed by atoms with Gasteiger partial charge in [-0.15, -0.1) is 0 Å². The van der Waals surface area contributed by atoms with E-state index in [2.05, 4.69) is 10.1 Å². The van der Waals surface area contributed by atoms with Crippen molar-refractivity contribution in [3.63, 3.8) is 0 Å². The van der Waals surface area contributed by atoms with Crippen molar-refractivity contribution >= 4 is 22.5 Å². The van der Waals surface area contributed by atoms with Gasteiger partial charge in [0.1, 0.15) is 0 Å². The van der Waals surface area contributed by atoms with Crippen molar-refractivity contribution < 1.29 is 0 Å². The van der Waals surface area contributed by atoms with Crippen LogP contribution in [-0.4, -0.2) is 19.3 Å². The summed E-state index contributed by atoms with van der Waals surface area (Å²) >= 11 is 5.96. The molecule has 0 aliphatic carbocycles. The number of nitrogens with zero attached hydrogens (tertiary/aromatic N) is 4. The fourth-order valence-electron chi connectivity index (χ4n) is 2.31. The Balaban J connectivity index is 1.89. The summed E-state index contributed by atoms with van der Waals surface area (Å²) in [6, 6.07) is 7.09. The van der Waals surface area contributed by atoms with E-state index < -0.39 is 0 Å². The highest BCUT2D eigenvalue weighted by Crippen LogP contribution is 2.16. The van der Waals surface area contributed by atoms with Crippen LogP contribution in [0, 0.1) is 0 Å². The maximum atomic E-state index is 12.5. The Morgan fingerprint density at radius 3 is 3.00 bits per heavy atom. The van der Waals surface area contributed by atoms with Gasteiger partial charge in [0, 0.05) is 30.0 Å². The van der Waals surface area contributed by atoms with Gasteiger partial charge in [-0.05, 0) is 37.6 Å². The molecular formula is C15H15ClN4O. The standard InChI is InChI=1S/C15H15ClN4O/c1-11(5-8-19-7-2-6-18-19)20-10-17-14-4-3-12(16)9-13(14)15(20)21/h2-4,6-7,9-11H,5,8H2,1H3/t11-/m0/s1. The van der Waals surface area contributed by atoms with E-state index in [1.54, 1.807) is 35.3 Å². The van der Waals surface area contributed by atoms with Crippen LogP contribution >= 0.6 is 11.6 Å². The molecule has 0 unspecified atom stereocenters. The fourth-order valence-corrected chi connectivity index (χ4v) is 2.49. The van der Waals surface area contributed by atoms with Gasteiger partial charge in [0.15, 0.2) is 0 Å². The van der Waals surface area contributed by atoms with Gasteiger partial charge in [-0.2, -0.15) is 5.10 Å². The van der Waals surface area contributed by atoms with Crippen molar-refractivity contribution in [1.29, 1.82) is 0 Å². The maximum absolute atomic E-state index is 12.5. The van der Waals surface area contributed by atoms with E-state index in [0.717, 1.165) is 13.0 Å². The van der Waals surface area contributed by atoms with Crippen molar-refractivity contribution in [1.82, 2.24) is 19.3 Å². The van der Waals surface area contributed by atoms with Crippen molar-refractivity contribution in [2.24, 2.45) is 0 Å². The largest absolute Gasteiger partial charge is 0.296 e. The molecule has 2 heterocycles. The molecule has 0 radical (unpaired) electrons. The first kappa shape index (κ1) is 13.8. The van der Waals surface area contributed by atoms with E-state index in [4.69, 9.17) is 11.6 Å². The Hall–Kier alpha value is -2.14. The molecule has 0 saturated carbocycles. The average molecular weight is 303 g/mol. The summed E-state index contributed by atoms with van der Waals surface area (Å²) in [6.07, 6.45) is 6.06. The molecule has 3 aromatic rings. The third-order valence-corrected chi connectivity index (χ3v) is 3.79. The molecule has 3 rings (SSSR count). The minimum atomic E-state index is -0.0598.